The Morgan fingerprint density at radius 3 is 2.36 bits per heavy atom. The minimum absolute atomic E-state index is 0.0547. The van der Waals surface area contributed by atoms with E-state index in [0.29, 0.717) is 31.7 Å². The van der Waals surface area contributed by atoms with Crippen molar-refractivity contribution >= 4 is 11.8 Å². The highest BCUT2D eigenvalue weighted by atomic mass is 16.5. The second kappa shape index (κ2) is 8.99. The maximum Gasteiger partial charge on any atom is 0.223 e. The van der Waals surface area contributed by atoms with Crippen LogP contribution in [0.1, 0.15) is 57.8 Å². The largest absolute Gasteiger partial charge is 0.381 e. The van der Waals surface area contributed by atoms with Crippen LogP contribution in [0.4, 0.5) is 0 Å². The fourth-order valence-corrected chi connectivity index (χ4v) is 4.03. The summed E-state index contributed by atoms with van der Waals surface area (Å²) >= 11 is 0. The van der Waals surface area contributed by atoms with E-state index in [-0.39, 0.29) is 23.8 Å². The van der Waals surface area contributed by atoms with Crippen LogP contribution in [0.25, 0.3) is 0 Å². The third-order valence-corrected chi connectivity index (χ3v) is 5.96. The summed E-state index contributed by atoms with van der Waals surface area (Å²) in [4.78, 5) is 27.0. The predicted octanol–water partition coefficient (Wildman–Crippen LogP) is 1.44. The number of nitrogens with zero attached hydrogens (tertiary/aromatic N) is 1. The van der Waals surface area contributed by atoms with Gasteiger partial charge in [-0.1, -0.05) is 12.8 Å². The number of nitrogens with one attached hydrogen (secondary N) is 2. The van der Waals surface area contributed by atoms with Gasteiger partial charge >= 0.3 is 0 Å². The number of hydrogen-bond acceptors (Lipinski definition) is 4. The lowest BCUT2D eigenvalue weighted by Crippen LogP contribution is -2.48. The van der Waals surface area contributed by atoms with E-state index in [9.17, 15) is 9.59 Å². The molecule has 0 unspecified atom stereocenters. The Labute approximate surface area is 151 Å². The molecule has 2 saturated heterocycles. The number of carbonyl (C=O) groups is 2. The summed E-state index contributed by atoms with van der Waals surface area (Å²) in [6, 6.07) is 1.19. The summed E-state index contributed by atoms with van der Waals surface area (Å²) in [6.45, 7) is 2.18. The average molecular weight is 351 g/mol. The van der Waals surface area contributed by atoms with Crippen molar-refractivity contribution in [2.45, 2.75) is 75.9 Å². The van der Waals surface area contributed by atoms with E-state index in [2.05, 4.69) is 10.6 Å². The third-order valence-electron chi connectivity index (χ3n) is 5.96. The van der Waals surface area contributed by atoms with E-state index in [0.717, 1.165) is 38.6 Å². The van der Waals surface area contributed by atoms with Gasteiger partial charge in [0.2, 0.25) is 11.8 Å². The monoisotopic (exact) mass is 351 g/mol. The molecule has 3 fully saturated rings. The molecule has 2 atom stereocenters. The van der Waals surface area contributed by atoms with Gasteiger partial charge in [-0.05, 0) is 38.5 Å². The van der Waals surface area contributed by atoms with Crippen LogP contribution in [0, 0.1) is 5.92 Å². The van der Waals surface area contributed by atoms with Crippen molar-refractivity contribution < 1.29 is 14.3 Å². The zero-order valence-electron chi connectivity index (χ0n) is 15.5. The van der Waals surface area contributed by atoms with Gasteiger partial charge in [-0.25, -0.2) is 0 Å². The van der Waals surface area contributed by atoms with Gasteiger partial charge in [-0.3, -0.25) is 9.59 Å². The van der Waals surface area contributed by atoms with E-state index in [1.165, 1.54) is 19.3 Å². The maximum absolute atomic E-state index is 12.7. The summed E-state index contributed by atoms with van der Waals surface area (Å²) in [7, 11) is 1.87. The first-order valence-electron chi connectivity index (χ1n) is 10.00. The van der Waals surface area contributed by atoms with Crippen LogP contribution in [-0.2, 0) is 14.3 Å². The summed E-state index contributed by atoms with van der Waals surface area (Å²) in [6.07, 6.45) is 8.74. The van der Waals surface area contributed by atoms with Gasteiger partial charge in [0, 0.05) is 57.3 Å². The van der Waals surface area contributed by atoms with Gasteiger partial charge in [0.15, 0.2) is 0 Å². The molecule has 2 N–H and O–H groups in total. The lowest BCUT2D eigenvalue weighted by atomic mass is 9.91. The second-order valence-electron chi connectivity index (χ2n) is 7.99. The van der Waals surface area contributed by atoms with Crippen LogP contribution < -0.4 is 10.6 Å². The molecule has 0 radical (unpaired) electrons. The Hall–Kier alpha value is -1.14. The van der Waals surface area contributed by atoms with Crippen LogP contribution in [-0.4, -0.2) is 61.6 Å². The van der Waals surface area contributed by atoms with E-state index in [1.54, 1.807) is 0 Å². The summed E-state index contributed by atoms with van der Waals surface area (Å²) in [5, 5.41) is 6.85. The minimum Gasteiger partial charge on any atom is -0.381 e. The molecule has 25 heavy (non-hydrogen) atoms. The van der Waals surface area contributed by atoms with Crippen LogP contribution in [0.3, 0.4) is 0 Å². The highest BCUT2D eigenvalue weighted by Crippen LogP contribution is 2.23. The first-order chi connectivity index (χ1) is 12.1. The van der Waals surface area contributed by atoms with Crippen LogP contribution in [0.15, 0.2) is 0 Å². The normalized spacial score (nSPS) is 30.1. The van der Waals surface area contributed by atoms with Gasteiger partial charge in [0.05, 0.1) is 0 Å². The molecular weight excluding hydrogens is 318 g/mol. The van der Waals surface area contributed by atoms with E-state index < -0.39 is 0 Å². The van der Waals surface area contributed by atoms with Crippen LogP contribution in [0.5, 0.6) is 0 Å². The van der Waals surface area contributed by atoms with Crippen molar-refractivity contribution in [1.29, 1.82) is 0 Å². The zero-order valence-corrected chi connectivity index (χ0v) is 15.5. The molecule has 2 aliphatic heterocycles. The molecule has 0 aromatic rings. The SMILES string of the molecule is CN1C[C@H](NC2CCC2)CCC[C@@H](C(=O)NC2CCOCC2)CC1=O. The van der Waals surface area contributed by atoms with E-state index >= 15 is 0 Å². The number of carbonyl (C=O) groups excluding carboxylic acids is 2. The highest BCUT2D eigenvalue weighted by Gasteiger charge is 2.30. The summed E-state index contributed by atoms with van der Waals surface area (Å²) in [5.41, 5.74) is 0. The number of rotatable bonds is 4. The lowest BCUT2D eigenvalue weighted by Gasteiger charge is -2.33. The van der Waals surface area contributed by atoms with Gasteiger partial charge < -0.3 is 20.3 Å². The summed E-state index contributed by atoms with van der Waals surface area (Å²) < 4.78 is 5.35. The predicted molar refractivity (Wildman–Crippen MR) is 96.1 cm³/mol. The number of likely N-dealkylation sites (N-methyl/N-ethyl adjacent to an activating group) is 1. The standard InChI is InChI=1S/C19H33N3O3/c1-22-13-17(20-15-5-3-6-15)7-2-4-14(12-18(22)23)19(24)21-16-8-10-25-11-9-16/h14-17,20H,2-13H2,1H3,(H,21,24)/t14-,17-/m1/s1. The molecule has 2 amide bonds. The van der Waals surface area contributed by atoms with Gasteiger partial charge in [-0.15, -0.1) is 0 Å². The van der Waals surface area contributed by atoms with Crippen molar-refractivity contribution in [2.75, 3.05) is 26.8 Å². The Kier molecular flexibility index (Phi) is 6.70. The van der Waals surface area contributed by atoms with Crippen molar-refractivity contribution in [3.05, 3.63) is 0 Å². The Morgan fingerprint density at radius 1 is 1.00 bits per heavy atom. The van der Waals surface area contributed by atoms with E-state index in [1.807, 2.05) is 11.9 Å². The first-order valence-corrected chi connectivity index (χ1v) is 10.00. The van der Waals surface area contributed by atoms with Gasteiger partial charge in [0.25, 0.3) is 0 Å². The van der Waals surface area contributed by atoms with Crippen molar-refractivity contribution in [3.63, 3.8) is 0 Å². The molecule has 0 spiro atoms. The molecule has 0 bridgehead atoms. The zero-order chi connectivity index (χ0) is 17.6. The van der Waals surface area contributed by atoms with Crippen molar-refractivity contribution in [1.82, 2.24) is 15.5 Å². The maximum atomic E-state index is 12.7. The smallest absolute Gasteiger partial charge is 0.223 e. The molecule has 142 valence electrons. The number of hydrogen-bond donors (Lipinski definition) is 2. The molecule has 0 aromatic heterocycles. The molecule has 3 rings (SSSR count). The molecule has 6 nitrogen and oxygen atoms in total. The molecule has 0 aromatic carbocycles. The fourth-order valence-electron chi connectivity index (χ4n) is 4.03. The topological polar surface area (TPSA) is 70.7 Å². The van der Waals surface area contributed by atoms with Gasteiger partial charge in [-0.2, -0.15) is 0 Å². The summed E-state index contributed by atoms with van der Waals surface area (Å²) in [5.74, 6) is -0.0475. The third kappa shape index (κ3) is 5.42. The Morgan fingerprint density at radius 2 is 1.68 bits per heavy atom. The molecule has 1 aliphatic carbocycles. The molecule has 3 aliphatic rings. The van der Waals surface area contributed by atoms with Crippen molar-refractivity contribution in [3.8, 4) is 0 Å². The highest BCUT2D eigenvalue weighted by molar-refractivity contribution is 5.86. The Bertz CT molecular complexity index is 461. The fraction of sp³-hybridized carbons (Fsp3) is 0.895. The Balaban J connectivity index is 1.54. The van der Waals surface area contributed by atoms with Crippen molar-refractivity contribution in [2.24, 2.45) is 5.92 Å². The van der Waals surface area contributed by atoms with E-state index in [4.69, 9.17) is 4.74 Å². The minimum atomic E-state index is -0.194. The molecule has 2 heterocycles. The number of amides is 2. The lowest BCUT2D eigenvalue weighted by molar-refractivity contribution is -0.136. The van der Waals surface area contributed by atoms with Crippen LogP contribution in [0.2, 0.25) is 0 Å². The first kappa shape index (κ1) is 18.6. The second-order valence-corrected chi connectivity index (χ2v) is 7.99. The molecular formula is C19H33N3O3. The van der Waals surface area contributed by atoms with Crippen LogP contribution >= 0.6 is 0 Å². The van der Waals surface area contributed by atoms with Gasteiger partial charge in [0.1, 0.15) is 0 Å². The number of ether oxygens (including phenoxy) is 1. The average Bonchev–Trinajstić information content (AvgIpc) is 2.63. The molecule has 1 saturated carbocycles. The quantitative estimate of drug-likeness (QED) is 0.804. The molecule has 6 heteroatoms.